The first kappa shape index (κ1) is 17.2. The summed E-state index contributed by atoms with van der Waals surface area (Å²) in [6.45, 7) is 9.02. The van der Waals surface area contributed by atoms with Gasteiger partial charge >= 0.3 is 0 Å². The molecule has 4 fully saturated rings. The van der Waals surface area contributed by atoms with E-state index in [4.69, 9.17) is 4.74 Å². The van der Waals surface area contributed by atoms with E-state index in [9.17, 15) is 9.90 Å². The molecule has 5 rings (SSSR count). The second kappa shape index (κ2) is 5.11. The maximum atomic E-state index is 12.6. The Kier molecular flexibility index (Phi) is 3.38. The third-order valence-corrected chi connectivity index (χ3v) is 9.42. The summed E-state index contributed by atoms with van der Waals surface area (Å²) in [4.78, 5) is 12.6. The number of hydrogen-bond acceptors (Lipinski definition) is 3. The minimum absolute atomic E-state index is 0.0695. The standard InChI is InChI=1S/C23H32O3/c1-5-13-12-18(24)20-23(26-20)14(6-2)11-15-16-7-8-19(25)21(16,3)10-9-17(15)22(13,23)4/h6,12,15-17,19-20,25H,5,7-11H2,1-4H3/t15-,16-,17-,19-,20?,21-,22+,23?/m0/s1. The highest BCUT2D eigenvalue weighted by Crippen LogP contribution is 2.74. The van der Waals surface area contributed by atoms with E-state index in [0.29, 0.717) is 17.8 Å². The van der Waals surface area contributed by atoms with Gasteiger partial charge in [-0.25, -0.2) is 0 Å². The molecule has 8 atom stereocenters. The Morgan fingerprint density at radius 3 is 2.73 bits per heavy atom. The molecule has 0 aromatic carbocycles. The third-order valence-electron chi connectivity index (χ3n) is 9.42. The summed E-state index contributed by atoms with van der Waals surface area (Å²) in [7, 11) is 0. The number of carbonyl (C=O) groups excluding carboxylic acids is 1. The van der Waals surface area contributed by atoms with Crippen LogP contribution in [0.5, 0.6) is 0 Å². The summed E-state index contributed by atoms with van der Waals surface area (Å²) < 4.78 is 6.31. The van der Waals surface area contributed by atoms with Gasteiger partial charge in [0.2, 0.25) is 0 Å². The summed E-state index contributed by atoms with van der Waals surface area (Å²) in [5.41, 5.74) is 2.28. The Morgan fingerprint density at radius 1 is 1.27 bits per heavy atom. The largest absolute Gasteiger partial charge is 0.393 e. The lowest BCUT2D eigenvalue weighted by molar-refractivity contribution is -0.117. The van der Waals surface area contributed by atoms with Gasteiger partial charge in [0, 0.05) is 5.41 Å². The van der Waals surface area contributed by atoms with Gasteiger partial charge in [0.1, 0.15) is 5.60 Å². The molecule has 4 aliphatic carbocycles. The number of fused-ring (bicyclic) bond motifs is 4. The molecule has 3 heteroatoms. The van der Waals surface area contributed by atoms with Crippen molar-refractivity contribution in [3.63, 3.8) is 0 Å². The average molecular weight is 357 g/mol. The minimum Gasteiger partial charge on any atom is -0.393 e. The molecule has 0 aromatic heterocycles. The number of aliphatic hydroxyl groups excluding tert-OH is 1. The van der Waals surface area contributed by atoms with E-state index in [2.05, 4.69) is 33.8 Å². The molecule has 0 amide bonds. The summed E-state index contributed by atoms with van der Waals surface area (Å²) in [5, 5.41) is 10.7. The number of rotatable bonds is 1. The van der Waals surface area contributed by atoms with Crippen molar-refractivity contribution in [3.8, 4) is 0 Å². The van der Waals surface area contributed by atoms with Gasteiger partial charge in [-0.3, -0.25) is 4.79 Å². The zero-order valence-electron chi connectivity index (χ0n) is 16.5. The van der Waals surface area contributed by atoms with Gasteiger partial charge in [0.15, 0.2) is 11.9 Å². The van der Waals surface area contributed by atoms with Crippen molar-refractivity contribution in [1.82, 2.24) is 0 Å². The van der Waals surface area contributed by atoms with Crippen LogP contribution in [0.3, 0.4) is 0 Å². The Morgan fingerprint density at radius 2 is 2.04 bits per heavy atom. The zero-order valence-corrected chi connectivity index (χ0v) is 16.5. The lowest BCUT2D eigenvalue weighted by Crippen LogP contribution is -2.59. The van der Waals surface area contributed by atoms with Gasteiger partial charge < -0.3 is 9.84 Å². The van der Waals surface area contributed by atoms with Crippen LogP contribution in [0.1, 0.15) is 66.2 Å². The van der Waals surface area contributed by atoms with Crippen molar-refractivity contribution in [2.45, 2.75) is 84.0 Å². The van der Waals surface area contributed by atoms with E-state index >= 15 is 0 Å². The highest BCUT2D eigenvalue weighted by molar-refractivity contribution is 6.00. The topological polar surface area (TPSA) is 49.8 Å². The molecular formula is C23H32O3. The molecule has 0 radical (unpaired) electrons. The number of ketones is 1. The zero-order chi connectivity index (χ0) is 18.5. The van der Waals surface area contributed by atoms with E-state index in [1.807, 2.05) is 6.08 Å². The van der Waals surface area contributed by atoms with E-state index in [1.54, 1.807) is 0 Å². The second-order valence-electron chi connectivity index (χ2n) is 9.89. The maximum absolute atomic E-state index is 12.6. The molecule has 1 spiro atoms. The molecule has 1 heterocycles. The molecule has 3 nitrogen and oxygen atoms in total. The molecule has 1 saturated heterocycles. The van der Waals surface area contributed by atoms with Crippen LogP contribution in [-0.2, 0) is 9.53 Å². The molecule has 26 heavy (non-hydrogen) atoms. The van der Waals surface area contributed by atoms with Gasteiger partial charge in [-0.15, -0.1) is 0 Å². The summed E-state index contributed by atoms with van der Waals surface area (Å²) in [6, 6.07) is 0. The SMILES string of the molecule is CC=C1C[C@H]2[C@@H]3CC[C@H](O)[C@@]3(C)CC[C@@H]2[C@@]2(C)C(CC)=CC(=O)C3OC132. The fraction of sp³-hybridized carbons (Fsp3) is 0.783. The number of ether oxygens (including phenoxy) is 1. The van der Waals surface area contributed by atoms with Crippen molar-refractivity contribution in [3.05, 3.63) is 23.3 Å². The smallest absolute Gasteiger partial charge is 0.187 e. The minimum atomic E-state index is -0.370. The predicted octanol–water partition coefficient (Wildman–Crippen LogP) is 4.20. The number of epoxide rings is 1. The Labute approximate surface area is 156 Å². The van der Waals surface area contributed by atoms with Crippen molar-refractivity contribution in [1.29, 1.82) is 0 Å². The van der Waals surface area contributed by atoms with E-state index < -0.39 is 0 Å². The lowest BCUT2D eigenvalue weighted by atomic mass is 9.43. The van der Waals surface area contributed by atoms with Crippen molar-refractivity contribution < 1.29 is 14.6 Å². The van der Waals surface area contributed by atoms with Crippen LogP contribution >= 0.6 is 0 Å². The van der Waals surface area contributed by atoms with E-state index in [-0.39, 0.29) is 34.4 Å². The fourth-order valence-electron chi connectivity index (χ4n) is 8.00. The van der Waals surface area contributed by atoms with Crippen LogP contribution in [0.2, 0.25) is 0 Å². The van der Waals surface area contributed by atoms with Gasteiger partial charge in [-0.1, -0.05) is 32.4 Å². The van der Waals surface area contributed by atoms with Crippen molar-refractivity contribution >= 4 is 5.78 Å². The highest BCUT2D eigenvalue weighted by atomic mass is 16.6. The van der Waals surface area contributed by atoms with Gasteiger partial charge in [0.05, 0.1) is 6.10 Å². The van der Waals surface area contributed by atoms with Gasteiger partial charge in [0.25, 0.3) is 0 Å². The monoisotopic (exact) mass is 356 g/mol. The molecule has 3 saturated carbocycles. The number of hydrogen-bond donors (Lipinski definition) is 1. The maximum Gasteiger partial charge on any atom is 0.187 e. The van der Waals surface area contributed by atoms with E-state index in [1.165, 1.54) is 11.1 Å². The molecule has 1 aliphatic heterocycles. The molecule has 0 aromatic rings. The van der Waals surface area contributed by atoms with E-state index in [0.717, 1.165) is 38.5 Å². The first-order valence-corrected chi connectivity index (χ1v) is 10.6. The van der Waals surface area contributed by atoms with Crippen LogP contribution in [0.15, 0.2) is 23.3 Å². The Hall–Kier alpha value is -0.930. The lowest BCUT2D eigenvalue weighted by Gasteiger charge is -2.60. The van der Waals surface area contributed by atoms with Crippen LogP contribution < -0.4 is 0 Å². The molecule has 5 aliphatic rings. The van der Waals surface area contributed by atoms with Crippen molar-refractivity contribution in [2.24, 2.45) is 28.6 Å². The highest BCUT2D eigenvalue weighted by Gasteiger charge is 2.78. The number of aliphatic hydroxyl groups is 1. The first-order valence-electron chi connectivity index (χ1n) is 10.6. The van der Waals surface area contributed by atoms with Crippen LogP contribution in [0.25, 0.3) is 0 Å². The molecule has 2 unspecified atom stereocenters. The fourth-order valence-corrected chi connectivity index (χ4v) is 8.00. The van der Waals surface area contributed by atoms with Gasteiger partial charge in [-0.05, 0) is 80.3 Å². The summed E-state index contributed by atoms with van der Waals surface area (Å²) in [6.07, 6.45) is 10.1. The van der Waals surface area contributed by atoms with Crippen LogP contribution in [-0.4, -0.2) is 28.7 Å². The summed E-state index contributed by atoms with van der Waals surface area (Å²) >= 11 is 0. The molecule has 1 N–H and O–H groups in total. The molecular weight excluding hydrogens is 324 g/mol. The summed E-state index contributed by atoms with van der Waals surface area (Å²) in [5.74, 6) is 1.92. The number of carbonyl (C=O) groups is 1. The molecule has 0 bridgehead atoms. The predicted molar refractivity (Wildman–Crippen MR) is 101 cm³/mol. The Bertz CT molecular complexity index is 736. The normalized spacial score (nSPS) is 56.3. The van der Waals surface area contributed by atoms with Crippen molar-refractivity contribution in [2.75, 3.05) is 0 Å². The quantitative estimate of drug-likeness (QED) is 0.566. The van der Waals surface area contributed by atoms with Crippen LogP contribution in [0, 0.1) is 28.6 Å². The van der Waals surface area contributed by atoms with Crippen LogP contribution in [0.4, 0.5) is 0 Å². The van der Waals surface area contributed by atoms with Gasteiger partial charge in [-0.2, -0.15) is 0 Å². The molecule has 142 valence electrons. The number of allylic oxidation sites excluding steroid dienone is 1. The average Bonchev–Trinajstić information content (AvgIpc) is 3.31. The first-order chi connectivity index (χ1) is 12.3. The second-order valence-corrected chi connectivity index (χ2v) is 9.89. The Balaban J connectivity index is 1.66. The third kappa shape index (κ3) is 1.67.